The van der Waals surface area contributed by atoms with E-state index in [0.717, 1.165) is 23.1 Å². The Morgan fingerprint density at radius 1 is 0.733 bits per heavy atom. The molecule has 0 atom stereocenters. The molecule has 30 heavy (non-hydrogen) atoms. The average molecular weight is 402 g/mol. The topological polar surface area (TPSA) is 69.7 Å². The molecule has 0 amide bonds. The third kappa shape index (κ3) is 5.41. The van der Waals surface area contributed by atoms with Crippen LogP contribution in [0.3, 0.4) is 0 Å². The van der Waals surface area contributed by atoms with E-state index in [0.29, 0.717) is 16.9 Å². The summed E-state index contributed by atoms with van der Waals surface area (Å²) in [6.45, 7) is 3.09. The summed E-state index contributed by atoms with van der Waals surface area (Å²) in [5, 5.41) is 0. The zero-order chi connectivity index (χ0) is 21.5. The van der Waals surface area contributed by atoms with Crippen LogP contribution >= 0.6 is 0 Å². The van der Waals surface area contributed by atoms with Crippen LogP contribution in [-0.4, -0.2) is 24.3 Å². The fourth-order valence-electron chi connectivity index (χ4n) is 2.90. The van der Waals surface area contributed by atoms with Gasteiger partial charge in [0.05, 0.1) is 5.56 Å². The van der Waals surface area contributed by atoms with Crippen LogP contribution in [0.5, 0.6) is 5.75 Å². The fourth-order valence-corrected chi connectivity index (χ4v) is 2.90. The highest BCUT2D eigenvalue weighted by atomic mass is 16.5. The highest BCUT2D eigenvalue weighted by Crippen LogP contribution is 2.23. The molecule has 3 aromatic carbocycles. The van der Waals surface area contributed by atoms with E-state index in [1.165, 1.54) is 6.92 Å². The highest BCUT2D eigenvalue weighted by molar-refractivity contribution is 5.99. The molecule has 0 N–H and O–H groups in total. The minimum Gasteiger partial charge on any atom is -0.454 e. The van der Waals surface area contributed by atoms with Gasteiger partial charge in [-0.3, -0.25) is 9.59 Å². The Kier molecular flexibility index (Phi) is 6.75. The van der Waals surface area contributed by atoms with Crippen molar-refractivity contribution in [3.8, 4) is 16.9 Å². The second-order valence-electron chi connectivity index (χ2n) is 6.75. The lowest BCUT2D eigenvalue weighted by atomic mass is 10.0. The maximum atomic E-state index is 12.3. The fraction of sp³-hybridized carbons (Fsp3) is 0.160. The van der Waals surface area contributed by atoms with E-state index in [9.17, 15) is 14.4 Å². The number of hydrogen-bond donors (Lipinski definition) is 0. The van der Waals surface area contributed by atoms with Crippen molar-refractivity contribution in [2.75, 3.05) is 6.61 Å². The van der Waals surface area contributed by atoms with Gasteiger partial charge in [0, 0.05) is 12.5 Å². The van der Waals surface area contributed by atoms with E-state index in [1.807, 2.05) is 31.2 Å². The van der Waals surface area contributed by atoms with Crippen molar-refractivity contribution in [1.29, 1.82) is 0 Å². The molecule has 5 nitrogen and oxygen atoms in total. The third-order valence-electron chi connectivity index (χ3n) is 4.59. The zero-order valence-corrected chi connectivity index (χ0v) is 16.9. The molecular formula is C25H22O5. The van der Waals surface area contributed by atoms with Crippen LogP contribution in [0.1, 0.15) is 40.1 Å². The summed E-state index contributed by atoms with van der Waals surface area (Å²) >= 11 is 0. The molecule has 0 aliphatic carbocycles. The predicted octanol–water partition coefficient (Wildman–Crippen LogP) is 4.88. The Morgan fingerprint density at radius 2 is 1.27 bits per heavy atom. The van der Waals surface area contributed by atoms with E-state index < -0.39 is 5.97 Å². The molecule has 0 unspecified atom stereocenters. The lowest BCUT2D eigenvalue weighted by molar-refractivity contribution is -0.131. The van der Waals surface area contributed by atoms with Gasteiger partial charge in [-0.25, -0.2) is 4.79 Å². The Balaban J connectivity index is 1.59. The Labute approximate surface area is 175 Å². The van der Waals surface area contributed by atoms with Crippen molar-refractivity contribution in [3.63, 3.8) is 0 Å². The van der Waals surface area contributed by atoms with Crippen molar-refractivity contribution in [2.45, 2.75) is 20.3 Å². The number of rotatable bonds is 7. The molecular weight excluding hydrogens is 380 g/mol. The zero-order valence-electron chi connectivity index (χ0n) is 16.9. The summed E-state index contributed by atoms with van der Waals surface area (Å²) < 4.78 is 10.2. The highest BCUT2D eigenvalue weighted by Gasteiger charge is 2.12. The Morgan fingerprint density at radius 3 is 1.80 bits per heavy atom. The summed E-state index contributed by atoms with van der Waals surface area (Å²) in [4.78, 5) is 35.4. The molecule has 0 bridgehead atoms. The number of aryl methyl sites for hydroxylation is 1. The predicted molar refractivity (Wildman–Crippen MR) is 114 cm³/mol. The molecule has 0 saturated carbocycles. The summed E-state index contributed by atoms with van der Waals surface area (Å²) in [5.74, 6) is -0.691. The summed E-state index contributed by atoms with van der Waals surface area (Å²) in [6.07, 6.45) is 0.899. The number of ketones is 1. The number of ether oxygens (including phenoxy) is 2. The van der Waals surface area contributed by atoms with Crippen molar-refractivity contribution in [2.24, 2.45) is 0 Å². The average Bonchev–Trinajstić information content (AvgIpc) is 2.77. The first-order chi connectivity index (χ1) is 14.5. The lowest BCUT2D eigenvalue weighted by Crippen LogP contribution is -2.14. The second kappa shape index (κ2) is 9.65. The Hall–Kier alpha value is -3.73. The van der Waals surface area contributed by atoms with Crippen LogP contribution in [0.2, 0.25) is 0 Å². The van der Waals surface area contributed by atoms with Gasteiger partial charge in [-0.05, 0) is 47.4 Å². The lowest BCUT2D eigenvalue weighted by Gasteiger charge is -2.07. The first-order valence-corrected chi connectivity index (χ1v) is 9.64. The van der Waals surface area contributed by atoms with Crippen LogP contribution in [-0.2, 0) is 16.0 Å². The molecule has 0 aliphatic heterocycles. The van der Waals surface area contributed by atoms with E-state index >= 15 is 0 Å². The molecule has 152 valence electrons. The van der Waals surface area contributed by atoms with Crippen molar-refractivity contribution in [3.05, 3.63) is 89.5 Å². The largest absolute Gasteiger partial charge is 0.454 e. The minimum absolute atomic E-state index is 0.240. The molecule has 0 aliphatic rings. The number of carbonyl (C=O) groups excluding carboxylic acids is 3. The van der Waals surface area contributed by atoms with Gasteiger partial charge in [0.2, 0.25) is 0 Å². The standard InChI is InChI=1S/C25H22O5/c1-3-18-4-6-21(7-5-18)24(27)16-29-25(28)22-10-8-19(9-11-22)20-12-14-23(15-13-20)30-17(2)26/h4-15H,3,16H2,1-2H3. The number of esters is 2. The van der Waals surface area contributed by atoms with Crippen LogP contribution in [0.15, 0.2) is 72.8 Å². The van der Waals surface area contributed by atoms with Gasteiger partial charge >= 0.3 is 11.9 Å². The maximum Gasteiger partial charge on any atom is 0.338 e. The molecule has 5 heteroatoms. The van der Waals surface area contributed by atoms with Crippen LogP contribution in [0.25, 0.3) is 11.1 Å². The van der Waals surface area contributed by atoms with Gasteiger partial charge in [0.1, 0.15) is 5.75 Å². The van der Waals surface area contributed by atoms with Crippen LogP contribution in [0.4, 0.5) is 0 Å². The molecule has 0 radical (unpaired) electrons. The molecule has 3 aromatic rings. The van der Waals surface area contributed by atoms with Gasteiger partial charge < -0.3 is 9.47 Å². The van der Waals surface area contributed by atoms with Crippen LogP contribution in [0, 0.1) is 0 Å². The molecule has 3 rings (SSSR count). The number of Topliss-reactive ketones (excluding diaryl/α,β-unsaturated/α-hetero) is 1. The quantitative estimate of drug-likeness (QED) is 0.320. The van der Waals surface area contributed by atoms with Crippen molar-refractivity contribution < 1.29 is 23.9 Å². The first kappa shape index (κ1) is 21.0. The molecule has 0 aromatic heterocycles. The van der Waals surface area contributed by atoms with E-state index in [1.54, 1.807) is 48.5 Å². The monoisotopic (exact) mass is 402 g/mol. The number of hydrogen-bond acceptors (Lipinski definition) is 5. The normalized spacial score (nSPS) is 10.3. The maximum absolute atomic E-state index is 12.3. The van der Waals surface area contributed by atoms with E-state index in [-0.39, 0.29) is 18.4 Å². The number of benzene rings is 3. The van der Waals surface area contributed by atoms with Crippen molar-refractivity contribution in [1.82, 2.24) is 0 Å². The van der Waals surface area contributed by atoms with Crippen LogP contribution < -0.4 is 4.74 Å². The van der Waals surface area contributed by atoms with Gasteiger partial charge in [-0.2, -0.15) is 0 Å². The smallest absolute Gasteiger partial charge is 0.338 e. The van der Waals surface area contributed by atoms with Gasteiger partial charge in [-0.1, -0.05) is 55.5 Å². The molecule has 0 saturated heterocycles. The van der Waals surface area contributed by atoms with Gasteiger partial charge in [0.15, 0.2) is 12.4 Å². The molecule has 0 heterocycles. The summed E-state index contributed by atoms with van der Waals surface area (Å²) in [6, 6.07) is 21.2. The summed E-state index contributed by atoms with van der Waals surface area (Å²) in [7, 11) is 0. The van der Waals surface area contributed by atoms with E-state index in [2.05, 4.69) is 0 Å². The number of carbonyl (C=O) groups is 3. The minimum atomic E-state index is -0.551. The Bertz CT molecular complexity index is 1030. The SMILES string of the molecule is CCc1ccc(C(=O)COC(=O)c2ccc(-c3ccc(OC(C)=O)cc3)cc2)cc1. The third-order valence-corrected chi connectivity index (χ3v) is 4.59. The van der Waals surface area contributed by atoms with Gasteiger partial charge in [0.25, 0.3) is 0 Å². The molecule has 0 fully saturated rings. The second-order valence-corrected chi connectivity index (χ2v) is 6.75. The van der Waals surface area contributed by atoms with Gasteiger partial charge in [-0.15, -0.1) is 0 Å². The first-order valence-electron chi connectivity index (χ1n) is 9.64. The van der Waals surface area contributed by atoms with Crippen molar-refractivity contribution >= 4 is 17.7 Å². The molecule has 0 spiro atoms. The summed E-state index contributed by atoms with van der Waals surface area (Å²) in [5.41, 5.74) is 3.84. The van der Waals surface area contributed by atoms with E-state index in [4.69, 9.17) is 9.47 Å².